The monoisotopic (exact) mass is 211 g/mol. The first-order valence-corrected chi connectivity index (χ1v) is 5.60. The van der Waals surface area contributed by atoms with Crippen LogP contribution >= 0.6 is 11.8 Å². The highest BCUT2D eigenvalue weighted by atomic mass is 32.2. The van der Waals surface area contributed by atoms with E-state index in [4.69, 9.17) is 0 Å². The lowest BCUT2D eigenvalue weighted by Gasteiger charge is -2.25. The average molecular weight is 211 g/mol. The number of carbonyl (C=O) groups is 1. The predicted molar refractivity (Wildman–Crippen MR) is 56.7 cm³/mol. The molecule has 0 fully saturated rings. The third-order valence-electron chi connectivity index (χ3n) is 2.36. The molecule has 1 aliphatic heterocycles. The highest BCUT2D eigenvalue weighted by Gasteiger charge is 2.28. The standard InChI is InChI=1S/C9H13N3OS/c1-4-12-7(13)5-14-9-8(12)6(2)10-11(9)3/h4-5H2,1-3H3. The van der Waals surface area contributed by atoms with Crippen LogP contribution in [0.4, 0.5) is 5.69 Å². The van der Waals surface area contributed by atoms with E-state index in [1.807, 2.05) is 30.5 Å². The van der Waals surface area contributed by atoms with Gasteiger partial charge in [-0.15, -0.1) is 0 Å². The van der Waals surface area contributed by atoms with E-state index in [1.165, 1.54) is 0 Å². The van der Waals surface area contributed by atoms with Crippen molar-refractivity contribution in [3.05, 3.63) is 5.69 Å². The molecule has 4 nitrogen and oxygen atoms in total. The molecule has 0 N–H and O–H groups in total. The predicted octanol–water partition coefficient (Wildman–Crippen LogP) is 1.19. The molecule has 0 saturated heterocycles. The molecule has 14 heavy (non-hydrogen) atoms. The van der Waals surface area contributed by atoms with E-state index in [9.17, 15) is 4.79 Å². The van der Waals surface area contributed by atoms with Gasteiger partial charge in [0.1, 0.15) is 5.03 Å². The third kappa shape index (κ3) is 1.23. The number of amides is 1. The molecule has 5 heteroatoms. The van der Waals surface area contributed by atoms with Crippen molar-refractivity contribution in [3.8, 4) is 0 Å². The molecule has 1 amide bonds. The van der Waals surface area contributed by atoms with Gasteiger partial charge in [0, 0.05) is 13.6 Å². The Morgan fingerprint density at radius 2 is 2.29 bits per heavy atom. The Morgan fingerprint density at radius 3 is 2.93 bits per heavy atom. The minimum Gasteiger partial charge on any atom is -0.308 e. The van der Waals surface area contributed by atoms with Gasteiger partial charge in [-0.05, 0) is 13.8 Å². The first kappa shape index (κ1) is 9.58. The number of fused-ring (bicyclic) bond motifs is 1. The van der Waals surface area contributed by atoms with Crippen molar-refractivity contribution in [2.45, 2.75) is 18.9 Å². The Balaban J connectivity index is 2.55. The van der Waals surface area contributed by atoms with Crippen LogP contribution in [0.2, 0.25) is 0 Å². The van der Waals surface area contributed by atoms with Crippen LogP contribution in [0.25, 0.3) is 0 Å². The van der Waals surface area contributed by atoms with Gasteiger partial charge < -0.3 is 4.90 Å². The van der Waals surface area contributed by atoms with E-state index in [-0.39, 0.29) is 5.91 Å². The summed E-state index contributed by atoms with van der Waals surface area (Å²) in [4.78, 5) is 13.4. The summed E-state index contributed by atoms with van der Waals surface area (Å²) >= 11 is 1.57. The fraction of sp³-hybridized carbons (Fsp3) is 0.556. The first-order valence-electron chi connectivity index (χ1n) is 4.62. The molecule has 0 aliphatic carbocycles. The molecule has 2 rings (SSSR count). The number of carbonyl (C=O) groups excluding carboxylic acids is 1. The molecule has 1 aromatic rings. The third-order valence-corrected chi connectivity index (χ3v) is 3.48. The Bertz CT molecular complexity index is 386. The summed E-state index contributed by atoms with van der Waals surface area (Å²) in [6.45, 7) is 4.66. The molecule has 0 radical (unpaired) electrons. The van der Waals surface area contributed by atoms with Crippen LogP contribution in [-0.2, 0) is 11.8 Å². The number of rotatable bonds is 1. The number of hydrogen-bond acceptors (Lipinski definition) is 3. The van der Waals surface area contributed by atoms with Gasteiger partial charge in [0.25, 0.3) is 0 Å². The fourth-order valence-corrected chi connectivity index (χ4v) is 2.80. The fourth-order valence-electron chi connectivity index (χ4n) is 1.77. The molecule has 0 bridgehead atoms. The molecular formula is C9H13N3OS. The summed E-state index contributed by atoms with van der Waals surface area (Å²) in [5.74, 6) is 0.709. The van der Waals surface area contributed by atoms with Crippen LogP contribution in [0.1, 0.15) is 12.6 Å². The summed E-state index contributed by atoms with van der Waals surface area (Å²) in [5.41, 5.74) is 1.93. The lowest BCUT2D eigenvalue weighted by Crippen LogP contribution is -2.35. The Labute approximate surface area is 87.3 Å². The second-order valence-electron chi connectivity index (χ2n) is 3.29. The van der Waals surface area contributed by atoms with Crippen LogP contribution in [0.15, 0.2) is 5.03 Å². The van der Waals surface area contributed by atoms with Gasteiger partial charge in [0.05, 0.1) is 17.1 Å². The van der Waals surface area contributed by atoms with Gasteiger partial charge in [-0.3, -0.25) is 9.48 Å². The van der Waals surface area contributed by atoms with Crippen LogP contribution < -0.4 is 4.90 Å². The van der Waals surface area contributed by atoms with Crippen LogP contribution in [0.5, 0.6) is 0 Å². The summed E-state index contributed by atoms with van der Waals surface area (Å²) in [6, 6.07) is 0. The van der Waals surface area contributed by atoms with E-state index in [0.29, 0.717) is 5.75 Å². The van der Waals surface area contributed by atoms with Gasteiger partial charge in [-0.2, -0.15) is 5.10 Å². The summed E-state index contributed by atoms with van der Waals surface area (Å²) in [5, 5.41) is 5.43. The molecule has 0 unspecified atom stereocenters. The van der Waals surface area contributed by atoms with Gasteiger partial charge >= 0.3 is 0 Å². The largest absolute Gasteiger partial charge is 0.308 e. The maximum atomic E-state index is 11.6. The Morgan fingerprint density at radius 1 is 1.57 bits per heavy atom. The number of thioether (sulfide) groups is 1. The molecule has 76 valence electrons. The highest BCUT2D eigenvalue weighted by molar-refractivity contribution is 8.00. The van der Waals surface area contributed by atoms with Crippen molar-refractivity contribution in [2.24, 2.45) is 7.05 Å². The lowest BCUT2D eigenvalue weighted by molar-refractivity contribution is -0.116. The van der Waals surface area contributed by atoms with Crippen molar-refractivity contribution in [1.29, 1.82) is 0 Å². The molecule has 2 heterocycles. The molecule has 1 aromatic heterocycles. The van der Waals surface area contributed by atoms with Gasteiger partial charge in [0.2, 0.25) is 5.91 Å². The second-order valence-corrected chi connectivity index (χ2v) is 4.25. The van der Waals surface area contributed by atoms with Crippen molar-refractivity contribution in [3.63, 3.8) is 0 Å². The SMILES string of the molecule is CCN1C(=O)CSc2c1c(C)nn2C. The zero-order chi connectivity index (χ0) is 10.3. The highest BCUT2D eigenvalue weighted by Crippen LogP contribution is 2.36. The van der Waals surface area contributed by atoms with Crippen molar-refractivity contribution >= 4 is 23.4 Å². The van der Waals surface area contributed by atoms with Crippen molar-refractivity contribution < 1.29 is 4.79 Å². The van der Waals surface area contributed by atoms with E-state index in [1.54, 1.807) is 11.8 Å². The minimum absolute atomic E-state index is 0.182. The maximum absolute atomic E-state index is 11.6. The zero-order valence-corrected chi connectivity index (χ0v) is 9.39. The van der Waals surface area contributed by atoms with Gasteiger partial charge in [-0.1, -0.05) is 11.8 Å². The Kier molecular flexibility index (Phi) is 2.26. The summed E-state index contributed by atoms with van der Waals surface area (Å²) < 4.78 is 1.85. The number of anilines is 1. The van der Waals surface area contributed by atoms with Crippen molar-refractivity contribution in [2.75, 3.05) is 17.2 Å². The van der Waals surface area contributed by atoms with Crippen LogP contribution in [-0.4, -0.2) is 28.0 Å². The van der Waals surface area contributed by atoms with Gasteiger partial charge in [-0.25, -0.2) is 0 Å². The molecule has 0 spiro atoms. The quantitative estimate of drug-likeness (QED) is 0.700. The number of nitrogens with zero attached hydrogens (tertiary/aromatic N) is 3. The zero-order valence-electron chi connectivity index (χ0n) is 8.57. The Hall–Kier alpha value is -0.970. The lowest BCUT2D eigenvalue weighted by atomic mass is 10.3. The smallest absolute Gasteiger partial charge is 0.237 e. The topological polar surface area (TPSA) is 38.1 Å². The van der Waals surface area contributed by atoms with Crippen LogP contribution in [0, 0.1) is 6.92 Å². The van der Waals surface area contributed by atoms with E-state index < -0.39 is 0 Å². The molecule has 1 aliphatic rings. The molecule has 0 atom stereocenters. The summed E-state index contributed by atoms with van der Waals surface area (Å²) in [6.07, 6.45) is 0. The molecule has 0 saturated carbocycles. The normalized spacial score (nSPS) is 15.9. The number of hydrogen-bond donors (Lipinski definition) is 0. The summed E-state index contributed by atoms with van der Waals surface area (Å²) in [7, 11) is 1.92. The average Bonchev–Trinajstić information content (AvgIpc) is 2.43. The van der Waals surface area contributed by atoms with Crippen molar-refractivity contribution in [1.82, 2.24) is 9.78 Å². The number of aryl methyl sites for hydroxylation is 2. The first-order chi connectivity index (χ1) is 6.65. The molecular weight excluding hydrogens is 198 g/mol. The molecule has 0 aromatic carbocycles. The van der Waals surface area contributed by atoms with Crippen LogP contribution in [0.3, 0.4) is 0 Å². The minimum atomic E-state index is 0.182. The second kappa shape index (κ2) is 3.31. The number of aromatic nitrogens is 2. The van der Waals surface area contributed by atoms with E-state index in [0.717, 1.165) is 23.0 Å². The van der Waals surface area contributed by atoms with E-state index >= 15 is 0 Å². The van der Waals surface area contributed by atoms with Gasteiger partial charge in [0.15, 0.2) is 0 Å². The van der Waals surface area contributed by atoms with E-state index in [2.05, 4.69) is 5.10 Å². The maximum Gasteiger partial charge on any atom is 0.237 e.